The minimum atomic E-state index is -4.43. The van der Waals surface area contributed by atoms with Crippen LogP contribution in [0.5, 0.6) is 5.88 Å². The maximum atomic E-state index is 12.0. The van der Waals surface area contributed by atoms with Gasteiger partial charge in [0.25, 0.3) is 0 Å². The van der Waals surface area contributed by atoms with Crippen molar-refractivity contribution >= 4 is 11.6 Å². The average Bonchev–Trinajstić information content (AvgIpc) is 2.84. The summed E-state index contributed by atoms with van der Waals surface area (Å²) in [6, 6.07) is 2.13. The van der Waals surface area contributed by atoms with Crippen molar-refractivity contribution in [2.75, 3.05) is 18.5 Å². The van der Waals surface area contributed by atoms with E-state index in [1.165, 1.54) is 18.3 Å². The number of rotatable bonds is 4. The van der Waals surface area contributed by atoms with E-state index in [2.05, 4.69) is 20.4 Å². The zero-order chi connectivity index (χ0) is 15.5. The number of amides is 1. The molecule has 0 unspecified atom stereocenters. The molecule has 21 heavy (non-hydrogen) atoms. The maximum absolute atomic E-state index is 12.0. The fraction of sp³-hybridized carbons (Fsp3) is 0.500. The summed E-state index contributed by atoms with van der Waals surface area (Å²) in [7, 11) is 0. The average molecular weight is 305 g/mol. The molecule has 0 aromatic carbocycles. The number of alkyl halides is 3. The van der Waals surface area contributed by atoms with Crippen LogP contribution in [-0.2, 0) is 4.79 Å². The van der Waals surface area contributed by atoms with Gasteiger partial charge in [0.2, 0.25) is 11.8 Å². The van der Waals surface area contributed by atoms with Gasteiger partial charge in [-0.25, -0.2) is 4.98 Å². The first-order valence-corrected chi connectivity index (χ1v) is 6.21. The highest BCUT2D eigenvalue weighted by atomic mass is 19.4. The Bertz CT molecular complexity index is 493. The number of aliphatic hydroxyl groups is 1. The second kappa shape index (κ2) is 6.27. The Hall–Kier alpha value is -1.87. The Morgan fingerprint density at radius 3 is 2.81 bits per heavy atom. The van der Waals surface area contributed by atoms with Gasteiger partial charge in [0.05, 0.1) is 24.0 Å². The van der Waals surface area contributed by atoms with E-state index in [0.29, 0.717) is 18.7 Å². The van der Waals surface area contributed by atoms with E-state index in [0.717, 1.165) is 0 Å². The summed E-state index contributed by atoms with van der Waals surface area (Å²) in [5.74, 6) is -0.517. The first kappa shape index (κ1) is 15.5. The zero-order valence-electron chi connectivity index (χ0n) is 10.9. The van der Waals surface area contributed by atoms with E-state index in [-0.39, 0.29) is 11.8 Å². The lowest BCUT2D eigenvalue weighted by atomic mass is 10.2. The van der Waals surface area contributed by atoms with Crippen LogP contribution in [0.3, 0.4) is 0 Å². The van der Waals surface area contributed by atoms with Crippen LogP contribution >= 0.6 is 0 Å². The summed E-state index contributed by atoms with van der Waals surface area (Å²) in [6.07, 6.45) is -3.47. The highest BCUT2D eigenvalue weighted by Gasteiger charge is 2.29. The predicted molar refractivity (Wildman–Crippen MR) is 66.8 cm³/mol. The van der Waals surface area contributed by atoms with Gasteiger partial charge in [-0.3, -0.25) is 4.79 Å². The first-order valence-electron chi connectivity index (χ1n) is 6.21. The second-order valence-electron chi connectivity index (χ2n) is 4.63. The molecule has 0 saturated carbocycles. The molecule has 9 heteroatoms. The predicted octanol–water partition coefficient (Wildman–Crippen LogP) is 0.684. The number of aromatic nitrogens is 1. The molecule has 2 atom stereocenters. The van der Waals surface area contributed by atoms with Crippen LogP contribution in [0.25, 0.3) is 0 Å². The van der Waals surface area contributed by atoms with Crippen molar-refractivity contribution in [3.63, 3.8) is 0 Å². The first-order chi connectivity index (χ1) is 9.83. The minimum Gasteiger partial charge on any atom is -0.468 e. The van der Waals surface area contributed by atoms with Crippen molar-refractivity contribution in [1.82, 2.24) is 10.3 Å². The molecule has 3 N–H and O–H groups in total. The number of nitrogens with zero attached hydrogens (tertiary/aromatic N) is 1. The number of halogens is 3. The van der Waals surface area contributed by atoms with Crippen molar-refractivity contribution in [3.8, 4) is 5.88 Å². The van der Waals surface area contributed by atoms with Crippen molar-refractivity contribution in [1.29, 1.82) is 0 Å². The van der Waals surface area contributed by atoms with E-state index in [1.807, 2.05) is 0 Å². The van der Waals surface area contributed by atoms with Crippen LogP contribution in [0.4, 0.5) is 18.9 Å². The lowest BCUT2D eigenvalue weighted by molar-refractivity contribution is -0.154. The summed E-state index contributed by atoms with van der Waals surface area (Å²) < 4.78 is 40.3. The molecule has 116 valence electrons. The molecule has 1 aromatic rings. The number of ether oxygens (including phenoxy) is 1. The summed E-state index contributed by atoms with van der Waals surface area (Å²) in [4.78, 5) is 15.5. The van der Waals surface area contributed by atoms with Crippen LogP contribution in [-0.4, -0.2) is 47.5 Å². The Kier molecular flexibility index (Phi) is 4.63. The number of pyridine rings is 1. The third kappa shape index (κ3) is 4.87. The van der Waals surface area contributed by atoms with E-state index in [9.17, 15) is 23.1 Å². The Labute approximate surface area is 118 Å². The lowest BCUT2D eigenvalue weighted by Gasteiger charge is -2.11. The Morgan fingerprint density at radius 1 is 1.52 bits per heavy atom. The number of β-amino-alcohol motifs (C(OH)–C–C–N with tert-alkyl or cyclic N) is 1. The maximum Gasteiger partial charge on any atom is 0.422 e. The molecule has 0 aliphatic carbocycles. The summed E-state index contributed by atoms with van der Waals surface area (Å²) >= 11 is 0. The summed E-state index contributed by atoms with van der Waals surface area (Å²) in [5.41, 5.74) is 0.336. The molecule has 0 radical (unpaired) electrons. The zero-order valence-corrected chi connectivity index (χ0v) is 10.9. The normalized spacial score (nSPS) is 22.1. The van der Waals surface area contributed by atoms with Crippen LogP contribution in [0.2, 0.25) is 0 Å². The van der Waals surface area contributed by atoms with Crippen LogP contribution < -0.4 is 15.4 Å². The molecule has 2 heterocycles. The molecule has 1 aliphatic rings. The number of carbonyl (C=O) groups is 1. The fourth-order valence-corrected chi connectivity index (χ4v) is 1.84. The van der Waals surface area contributed by atoms with Gasteiger partial charge in [-0.15, -0.1) is 0 Å². The molecule has 1 aromatic heterocycles. The Morgan fingerprint density at radius 2 is 2.29 bits per heavy atom. The number of hydrogen-bond acceptors (Lipinski definition) is 5. The van der Waals surface area contributed by atoms with Gasteiger partial charge >= 0.3 is 6.18 Å². The monoisotopic (exact) mass is 305 g/mol. The van der Waals surface area contributed by atoms with Gasteiger partial charge in [-0.2, -0.15) is 13.2 Å². The van der Waals surface area contributed by atoms with Crippen LogP contribution in [0, 0.1) is 0 Å². The Balaban J connectivity index is 1.86. The van der Waals surface area contributed by atoms with Crippen molar-refractivity contribution in [3.05, 3.63) is 18.3 Å². The molecule has 2 rings (SSSR count). The molecule has 1 amide bonds. The summed E-state index contributed by atoms with van der Waals surface area (Å²) in [5, 5.41) is 14.7. The fourth-order valence-electron chi connectivity index (χ4n) is 1.84. The molecule has 1 aliphatic heterocycles. The summed E-state index contributed by atoms with van der Waals surface area (Å²) in [6.45, 7) is -1.07. The molecular formula is C12H14F3N3O3. The molecule has 6 nitrogen and oxygen atoms in total. The molecular weight excluding hydrogens is 291 g/mol. The number of nitrogens with one attached hydrogen (secondary N) is 2. The number of carbonyl (C=O) groups excluding carboxylic acids is 1. The smallest absolute Gasteiger partial charge is 0.422 e. The SMILES string of the molecule is O=C(Nc1ccc(OCC(F)(F)F)nc1)[C@H]1C[C@@H](O)CN1. The van der Waals surface area contributed by atoms with Crippen LogP contribution in [0.15, 0.2) is 18.3 Å². The minimum absolute atomic E-state index is 0.181. The highest BCUT2D eigenvalue weighted by molar-refractivity contribution is 5.94. The van der Waals surface area contributed by atoms with Gasteiger partial charge in [-0.05, 0) is 12.5 Å². The van der Waals surface area contributed by atoms with E-state index in [4.69, 9.17) is 0 Å². The third-order valence-electron chi connectivity index (χ3n) is 2.81. The molecule has 1 fully saturated rings. The lowest BCUT2D eigenvalue weighted by Crippen LogP contribution is -2.35. The van der Waals surface area contributed by atoms with Gasteiger partial charge in [0.1, 0.15) is 0 Å². The third-order valence-corrected chi connectivity index (χ3v) is 2.81. The van der Waals surface area contributed by atoms with Crippen molar-refractivity contribution < 1.29 is 27.8 Å². The number of aliphatic hydroxyl groups excluding tert-OH is 1. The van der Waals surface area contributed by atoms with Crippen molar-refractivity contribution in [2.45, 2.75) is 24.7 Å². The van der Waals surface area contributed by atoms with Gasteiger partial charge in [-0.1, -0.05) is 0 Å². The van der Waals surface area contributed by atoms with Gasteiger partial charge in [0.15, 0.2) is 6.61 Å². The largest absolute Gasteiger partial charge is 0.468 e. The molecule has 1 saturated heterocycles. The molecule has 0 spiro atoms. The number of hydrogen-bond donors (Lipinski definition) is 3. The number of anilines is 1. The van der Waals surface area contributed by atoms with Crippen LogP contribution in [0.1, 0.15) is 6.42 Å². The quantitative estimate of drug-likeness (QED) is 0.762. The second-order valence-corrected chi connectivity index (χ2v) is 4.63. The van der Waals surface area contributed by atoms with E-state index in [1.54, 1.807) is 0 Å². The van der Waals surface area contributed by atoms with E-state index >= 15 is 0 Å². The highest BCUT2D eigenvalue weighted by Crippen LogP contribution is 2.18. The van der Waals surface area contributed by atoms with Gasteiger partial charge < -0.3 is 20.5 Å². The standard InChI is InChI=1S/C12H14F3N3O3/c13-12(14,15)6-21-10-2-1-7(4-17-10)18-11(20)9-3-8(19)5-16-9/h1-2,4,8-9,16,19H,3,5-6H2,(H,18,20)/t8-,9-/m1/s1. The van der Waals surface area contributed by atoms with Gasteiger partial charge in [0, 0.05) is 12.6 Å². The topological polar surface area (TPSA) is 83.5 Å². The molecule has 0 bridgehead atoms. The van der Waals surface area contributed by atoms with E-state index < -0.39 is 24.9 Å². The van der Waals surface area contributed by atoms with Crippen molar-refractivity contribution in [2.24, 2.45) is 0 Å².